The molecule has 8 heteroatoms. The van der Waals surface area contributed by atoms with Crippen LogP contribution in [0, 0.1) is 0 Å². The largest absolute Gasteiger partial charge is 0.288 e. The summed E-state index contributed by atoms with van der Waals surface area (Å²) in [7, 11) is 0. The van der Waals surface area contributed by atoms with E-state index in [1.807, 2.05) is 6.92 Å². The van der Waals surface area contributed by atoms with E-state index in [4.69, 9.17) is 23.2 Å². The SMILES string of the molecule is CCCn1nnc(NC(=O)/C=C/c2ccc(Cl)cc2Cl)n1. The van der Waals surface area contributed by atoms with E-state index in [1.165, 1.54) is 10.9 Å². The summed E-state index contributed by atoms with van der Waals surface area (Å²) < 4.78 is 0. The predicted octanol–water partition coefficient (Wildman–Crippen LogP) is 3.04. The summed E-state index contributed by atoms with van der Waals surface area (Å²) in [5.41, 5.74) is 0.693. The third-order valence-corrected chi connectivity index (χ3v) is 3.05. The molecule has 2 rings (SSSR count). The van der Waals surface area contributed by atoms with Gasteiger partial charge in [0.2, 0.25) is 0 Å². The van der Waals surface area contributed by atoms with Gasteiger partial charge in [-0.3, -0.25) is 10.1 Å². The lowest BCUT2D eigenvalue weighted by Gasteiger charge is -1.98. The molecule has 0 aliphatic rings. The number of halogens is 2. The number of aromatic nitrogens is 4. The van der Waals surface area contributed by atoms with E-state index in [0.29, 0.717) is 22.2 Å². The second-order valence-corrected chi connectivity index (χ2v) is 5.04. The van der Waals surface area contributed by atoms with Gasteiger partial charge in [0.05, 0.1) is 6.54 Å². The molecule has 0 saturated heterocycles. The molecule has 0 atom stereocenters. The molecule has 0 unspecified atom stereocenters. The van der Waals surface area contributed by atoms with Gasteiger partial charge in [-0.2, -0.15) is 4.80 Å². The van der Waals surface area contributed by atoms with Crippen molar-refractivity contribution in [2.24, 2.45) is 0 Å². The van der Waals surface area contributed by atoms with Crippen LogP contribution in [0.1, 0.15) is 18.9 Å². The first-order valence-corrected chi connectivity index (χ1v) is 7.06. The van der Waals surface area contributed by atoms with Gasteiger partial charge in [0, 0.05) is 16.1 Å². The topological polar surface area (TPSA) is 72.7 Å². The normalized spacial score (nSPS) is 11.0. The molecule has 6 nitrogen and oxygen atoms in total. The van der Waals surface area contributed by atoms with Crippen molar-refractivity contribution in [2.45, 2.75) is 19.9 Å². The summed E-state index contributed by atoms with van der Waals surface area (Å²) in [6, 6.07) is 5.03. The van der Waals surface area contributed by atoms with Crippen LogP contribution in [-0.4, -0.2) is 26.1 Å². The maximum Gasteiger partial charge on any atom is 0.270 e. The van der Waals surface area contributed by atoms with Crippen LogP contribution in [0.4, 0.5) is 5.95 Å². The van der Waals surface area contributed by atoms with Crippen LogP contribution >= 0.6 is 23.2 Å². The van der Waals surface area contributed by atoms with E-state index in [1.54, 1.807) is 24.3 Å². The quantitative estimate of drug-likeness (QED) is 0.857. The first-order chi connectivity index (χ1) is 10.1. The Hall–Kier alpha value is -1.92. The minimum Gasteiger partial charge on any atom is -0.288 e. The molecular formula is C13H13Cl2N5O. The van der Waals surface area contributed by atoms with Crippen molar-refractivity contribution >= 4 is 41.1 Å². The molecule has 1 amide bonds. The smallest absolute Gasteiger partial charge is 0.270 e. The number of tetrazole rings is 1. The molecular weight excluding hydrogens is 313 g/mol. The van der Waals surface area contributed by atoms with Crippen LogP contribution in [0.2, 0.25) is 10.0 Å². The molecule has 0 radical (unpaired) electrons. The van der Waals surface area contributed by atoms with Crippen molar-refractivity contribution in [2.75, 3.05) is 5.32 Å². The summed E-state index contributed by atoms with van der Waals surface area (Å²) >= 11 is 11.8. The molecule has 21 heavy (non-hydrogen) atoms. The number of benzene rings is 1. The molecule has 0 spiro atoms. The molecule has 1 heterocycles. The van der Waals surface area contributed by atoms with Gasteiger partial charge in [0.15, 0.2) is 0 Å². The number of amides is 1. The fourth-order valence-corrected chi connectivity index (χ4v) is 2.01. The van der Waals surface area contributed by atoms with E-state index in [2.05, 4.69) is 20.7 Å². The van der Waals surface area contributed by atoms with Gasteiger partial charge < -0.3 is 0 Å². The average Bonchev–Trinajstić information content (AvgIpc) is 2.85. The lowest BCUT2D eigenvalue weighted by atomic mass is 10.2. The molecule has 0 saturated carbocycles. The molecule has 2 aromatic rings. The van der Waals surface area contributed by atoms with Gasteiger partial charge in [0.25, 0.3) is 11.9 Å². The standard InChI is InChI=1S/C13H13Cl2N5O/c1-2-7-20-18-13(17-19-20)16-12(21)6-4-9-3-5-10(14)8-11(9)15/h3-6,8H,2,7H2,1H3,(H,16,18,21)/b6-4+. The minimum absolute atomic E-state index is 0.167. The highest BCUT2D eigenvalue weighted by Gasteiger charge is 2.05. The molecule has 1 N–H and O–H groups in total. The Labute approximate surface area is 131 Å². The van der Waals surface area contributed by atoms with Crippen LogP contribution in [0.3, 0.4) is 0 Å². The summed E-state index contributed by atoms with van der Waals surface area (Å²) in [5, 5.41) is 15.1. The highest BCUT2D eigenvalue weighted by Crippen LogP contribution is 2.21. The summed E-state index contributed by atoms with van der Waals surface area (Å²) in [4.78, 5) is 13.2. The van der Waals surface area contributed by atoms with Gasteiger partial charge >= 0.3 is 0 Å². The zero-order valence-corrected chi connectivity index (χ0v) is 12.8. The summed E-state index contributed by atoms with van der Waals surface area (Å²) in [6.45, 7) is 2.65. The second-order valence-electron chi connectivity index (χ2n) is 4.20. The fourth-order valence-electron chi connectivity index (χ4n) is 1.54. The van der Waals surface area contributed by atoms with Crippen molar-refractivity contribution < 1.29 is 4.79 Å². The van der Waals surface area contributed by atoms with E-state index in [0.717, 1.165) is 6.42 Å². The Balaban J connectivity index is 1.98. The summed E-state index contributed by atoms with van der Waals surface area (Å²) in [5.74, 6) is -0.197. The number of carbonyl (C=O) groups is 1. The predicted molar refractivity (Wildman–Crippen MR) is 82.2 cm³/mol. The van der Waals surface area contributed by atoms with Crippen molar-refractivity contribution in [1.82, 2.24) is 20.2 Å². The molecule has 1 aromatic heterocycles. The van der Waals surface area contributed by atoms with Gasteiger partial charge in [-0.05, 0) is 35.4 Å². The number of hydrogen-bond donors (Lipinski definition) is 1. The zero-order valence-electron chi connectivity index (χ0n) is 11.3. The van der Waals surface area contributed by atoms with Crippen LogP contribution < -0.4 is 5.32 Å². The van der Waals surface area contributed by atoms with E-state index in [-0.39, 0.29) is 11.9 Å². The van der Waals surface area contributed by atoms with E-state index < -0.39 is 0 Å². The Kier molecular flexibility index (Phi) is 5.30. The third kappa shape index (κ3) is 4.54. The van der Waals surface area contributed by atoms with Gasteiger partial charge in [-0.25, -0.2) is 0 Å². The van der Waals surface area contributed by atoms with Crippen molar-refractivity contribution in [3.05, 3.63) is 39.9 Å². The minimum atomic E-state index is -0.364. The second kappa shape index (κ2) is 7.19. The van der Waals surface area contributed by atoms with Crippen LogP contribution in [0.5, 0.6) is 0 Å². The van der Waals surface area contributed by atoms with Crippen LogP contribution in [0.15, 0.2) is 24.3 Å². The Morgan fingerprint density at radius 3 is 2.95 bits per heavy atom. The molecule has 0 bridgehead atoms. The highest BCUT2D eigenvalue weighted by atomic mass is 35.5. The number of rotatable bonds is 5. The number of nitrogens with one attached hydrogen (secondary N) is 1. The molecule has 0 fully saturated rings. The number of aryl methyl sites for hydroxylation is 1. The van der Waals surface area contributed by atoms with Crippen molar-refractivity contribution in [1.29, 1.82) is 0 Å². The number of nitrogens with zero attached hydrogens (tertiary/aromatic N) is 4. The van der Waals surface area contributed by atoms with Crippen LogP contribution in [-0.2, 0) is 11.3 Å². The maximum absolute atomic E-state index is 11.7. The first kappa shape index (κ1) is 15.5. The van der Waals surface area contributed by atoms with Gasteiger partial charge in [0.1, 0.15) is 0 Å². The number of anilines is 1. The monoisotopic (exact) mass is 325 g/mol. The fraction of sp³-hybridized carbons (Fsp3) is 0.231. The number of hydrogen-bond acceptors (Lipinski definition) is 4. The third-order valence-electron chi connectivity index (χ3n) is 2.49. The van der Waals surface area contributed by atoms with Crippen molar-refractivity contribution in [3.8, 4) is 0 Å². The molecule has 0 aliphatic carbocycles. The Bertz CT molecular complexity index is 668. The highest BCUT2D eigenvalue weighted by molar-refractivity contribution is 6.35. The Morgan fingerprint density at radius 1 is 1.43 bits per heavy atom. The maximum atomic E-state index is 11.7. The zero-order chi connectivity index (χ0) is 15.2. The van der Waals surface area contributed by atoms with Gasteiger partial charge in [-0.15, -0.1) is 5.10 Å². The lowest BCUT2D eigenvalue weighted by molar-refractivity contribution is -0.111. The first-order valence-electron chi connectivity index (χ1n) is 6.30. The lowest BCUT2D eigenvalue weighted by Crippen LogP contribution is -2.09. The number of carbonyl (C=O) groups excluding carboxylic acids is 1. The Morgan fingerprint density at radius 2 is 2.24 bits per heavy atom. The van der Waals surface area contributed by atoms with E-state index >= 15 is 0 Å². The molecule has 0 aliphatic heterocycles. The molecule has 1 aromatic carbocycles. The van der Waals surface area contributed by atoms with Gasteiger partial charge in [-0.1, -0.05) is 41.3 Å². The summed E-state index contributed by atoms with van der Waals surface area (Å²) in [6.07, 6.45) is 3.82. The average molecular weight is 326 g/mol. The van der Waals surface area contributed by atoms with Crippen LogP contribution in [0.25, 0.3) is 6.08 Å². The van der Waals surface area contributed by atoms with Crippen molar-refractivity contribution in [3.63, 3.8) is 0 Å². The van der Waals surface area contributed by atoms with E-state index in [9.17, 15) is 4.79 Å². The molecule has 110 valence electrons.